The summed E-state index contributed by atoms with van der Waals surface area (Å²) in [5.74, 6) is 0. The molecule has 0 spiro atoms. The molecule has 17 heavy (non-hydrogen) atoms. The van der Waals surface area contributed by atoms with Crippen LogP contribution in [0.15, 0.2) is 0 Å². The third kappa shape index (κ3) is 9.67. The van der Waals surface area contributed by atoms with Crippen molar-refractivity contribution in [1.82, 2.24) is 0 Å². The lowest BCUT2D eigenvalue weighted by Gasteiger charge is -2.09. The summed E-state index contributed by atoms with van der Waals surface area (Å²) in [6, 6.07) is 0. The molecule has 0 heterocycles. The molecule has 0 amide bonds. The minimum Gasteiger partial charge on any atom is -0.432 e. The number of ether oxygens (including phenoxy) is 2. The predicted octanol–water partition coefficient (Wildman–Crippen LogP) is 1.41. The maximum Gasteiger partial charge on any atom is 0.540 e. The molecule has 1 atom stereocenters. The zero-order valence-electron chi connectivity index (χ0n) is 9.34. The highest BCUT2D eigenvalue weighted by molar-refractivity contribution is 6.20. The first-order valence-electron chi connectivity index (χ1n) is 4.49. The molecule has 0 aliphatic carbocycles. The van der Waals surface area contributed by atoms with E-state index in [9.17, 15) is 9.59 Å². The number of hydrogen-bond acceptors (Lipinski definition) is 8. The maximum absolute atomic E-state index is 10.7. The summed E-state index contributed by atoms with van der Waals surface area (Å²) < 4.78 is 9.08. The summed E-state index contributed by atoms with van der Waals surface area (Å²) in [4.78, 5) is 37.5. The van der Waals surface area contributed by atoms with Crippen LogP contribution in [0.25, 0.3) is 0 Å². The lowest BCUT2D eigenvalue weighted by atomic mass is 10.3. The molecule has 0 aromatic rings. The first-order chi connectivity index (χ1) is 8.10. The Labute approximate surface area is 102 Å². The highest BCUT2D eigenvalue weighted by Gasteiger charge is 2.12. The van der Waals surface area contributed by atoms with E-state index in [1.165, 1.54) is 7.11 Å². The van der Waals surface area contributed by atoms with Crippen molar-refractivity contribution in [3.8, 4) is 0 Å². The van der Waals surface area contributed by atoms with Crippen molar-refractivity contribution in [2.45, 2.75) is 11.8 Å². The van der Waals surface area contributed by atoms with Crippen LogP contribution < -0.4 is 0 Å². The summed E-state index contributed by atoms with van der Waals surface area (Å²) in [6.07, 6.45) is -1.71. The van der Waals surface area contributed by atoms with Gasteiger partial charge < -0.3 is 9.47 Å². The molecule has 0 saturated carbocycles. The van der Waals surface area contributed by atoms with Crippen LogP contribution in [0.3, 0.4) is 0 Å². The molecule has 0 saturated heterocycles. The molecule has 0 aliphatic heterocycles. The van der Waals surface area contributed by atoms with Crippen molar-refractivity contribution < 1.29 is 38.6 Å². The van der Waals surface area contributed by atoms with Crippen LogP contribution in [-0.2, 0) is 29.0 Å². The minimum absolute atomic E-state index is 0.000947. The zero-order valence-corrected chi connectivity index (χ0v) is 10.1. The van der Waals surface area contributed by atoms with Crippen LogP contribution in [0.5, 0.6) is 0 Å². The van der Waals surface area contributed by atoms with Gasteiger partial charge in [-0.2, -0.15) is 9.78 Å². The first-order valence-corrected chi connectivity index (χ1v) is 4.92. The Bertz CT molecular complexity index is 234. The first kappa shape index (κ1) is 15.8. The second-order valence-electron chi connectivity index (χ2n) is 2.55. The Morgan fingerprint density at radius 2 is 1.59 bits per heavy atom. The average Bonchev–Trinajstić information content (AvgIpc) is 2.27. The highest BCUT2D eigenvalue weighted by Crippen LogP contribution is 2.04. The van der Waals surface area contributed by atoms with E-state index >= 15 is 0 Å². The summed E-state index contributed by atoms with van der Waals surface area (Å²) in [5.41, 5.74) is 0. The largest absolute Gasteiger partial charge is 0.540 e. The van der Waals surface area contributed by atoms with E-state index in [-0.39, 0.29) is 19.6 Å². The predicted molar refractivity (Wildman–Crippen MR) is 53.1 cm³/mol. The van der Waals surface area contributed by atoms with Crippen molar-refractivity contribution in [2.24, 2.45) is 0 Å². The summed E-state index contributed by atoms with van der Waals surface area (Å²) in [6.45, 7) is -0.106. The molecule has 0 fully saturated rings. The number of carbonyl (C=O) groups is 2. The van der Waals surface area contributed by atoms with Gasteiger partial charge in [0, 0.05) is 6.42 Å². The molecule has 0 aliphatic rings. The van der Waals surface area contributed by atoms with Gasteiger partial charge >= 0.3 is 12.3 Å². The Morgan fingerprint density at radius 3 is 2.12 bits per heavy atom. The van der Waals surface area contributed by atoms with Gasteiger partial charge in [0.2, 0.25) is 0 Å². The highest BCUT2D eigenvalue weighted by atomic mass is 35.5. The number of halogens is 1. The van der Waals surface area contributed by atoms with Gasteiger partial charge in [-0.3, -0.25) is 9.78 Å². The van der Waals surface area contributed by atoms with Gasteiger partial charge in [-0.25, -0.2) is 9.59 Å². The molecule has 8 nitrogen and oxygen atoms in total. The van der Waals surface area contributed by atoms with E-state index in [0.717, 1.165) is 7.11 Å². The normalized spacial score (nSPS) is 11.5. The van der Waals surface area contributed by atoms with E-state index in [1.54, 1.807) is 0 Å². The van der Waals surface area contributed by atoms with E-state index in [2.05, 4.69) is 29.0 Å². The Kier molecular flexibility index (Phi) is 9.21. The van der Waals surface area contributed by atoms with Crippen molar-refractivity contribution in [1.29, 1.82) is 0 Å². The van der Waals surface area contributed by atoms with E-state index < -0.39 is 17.7 Å². The molecule has 1 unspecified atom stereocenters. The third-order valence-corrected chi connectivity index (χ3v) is 1.68. The lowest BCUT2D eigenvalue weighted by Crippen LogP contribution is -2.17. The van der Waals surface area contributed by atoms with Gasteiger partial charge in [0.25, 0.3) is 0 Å². The topological polar surface area (TPSA) is 89.5 Å². The standard InChI is InChI=1S/C8H13ClO8/c1-12-16-7(10)14-4-3-6(9)5-15-8(11)17-13-2/h6H,3-5H2,1-2H3. The van der Waals surface area contributed by atoms with Gasteiger partial charge in [-0.1, -0.05) is 0 Å². The summed E-state index contributed by atoms with van der Waals surface area (Å²) in [7, 11) is 2.33. The molecule has 0 radical (unpaired) electrons. The summed E-state index contributed by atoms with van der Waals surface area (Å²) in [5, 5.41) is -0.533. The molecule has 0 rings (SSSR count). The quantitative estimate of drug-likeness (QED) is 0.297. The number of alkyl halides is 1. The lowest BCUT2D eigenvalue weighted by molar-refractivity contribution is -0.232. The maximum atomic E-state index is 10.7. The molecule has 0 aromatic heterocycles. The van der Waals surface area contributed by atoms with Crippen LogP contribution in [0.4, 0.5) is 9.59 Å². The molecule has 0 N–H and O–H groups in total. The third-order valence-electron chi connectivity index (χ3n) is 1.34. The molecular formula is C8H13ClO8. The average molecular weight is 273 g/mol. The Hall–Kier alpha value is -1.25. The SMILES string of the molecule is COOC(=O)OCCC(Cl)COC(=O)OOC. The van der Waals surface area contributed by atoms with Crippen LogP contribution in [0.2, 0.25) is 0 Å². The van der Waals surface area contributed by atoms with Gasteiger partial charge in [0.15, 0.2) is 0 Å². The molecule has 100 valence electrons. The second-order valence-corrected chi connectivity index (χ2v) is 3.16. The fraction of sp³-hybridized carbons (Fsp3) is 0.750. The molecule has 9 heteroatoms. The molecular weight excluding hydrogens is 260 g/mol. The monoisotopic (exact) mass is 272 g/mol. The zero-order chi connectivity index (χ0) is 13.1. The number of hydrogen-bond donors (Lipinski definition) is 0. The van der Waals surface area contributed by atoms with Crippen LogP contribution >= 0.6 is 11.6 Å². The molecule has 0 aromatic carbocycles. The van der Waals surface area contributed by atoms with Gasteiger partial charge in [0.05, 0.1) is 26.2 Å². The van der Waals surface area contributed by atoms with Crippen LogP contribution in [0.1, 0.15) is 6.42 Å². The van der Waals surface area contributed by atoms with E-state index in [0.29, 0.717) is 0 Å². The van der Waals surface area contributed by atoms with E-state index in [1.807, 2.05) is 0 Å². The second kappa shape index (κ2) is 9.94. The van der Waals surface area contributed by atoms with Crippen molar-refractivity contribution >= 4 is 23.9 Å². The van der Waals surface area contributed by atoms with Crippen LogP contribution in [0, 0.1) is 0 Å². The number of carbonyl (C=O) groups excluding carboxylic acids is 2. The van der Waals surface area contributed by atoms with E-state index in [4.69, 9.17) is 11.6 Å². The van der Waals surface area contributed by atoms with Crippen molar-refractivity contribution in [2.75, 3.05) is 27.4 Å². The Morgan fingerprint density at radius 1 is 1.06 bits per heavy atom. The van der Waals surface area contributed by atoms with Gasteiger partial charge in [-0.05, 0) is 0 Å². The molecule has 0 bridgehead atoms. The van der Waals surface area contributed by atoms with Crippen molar-refractivity contribution in [3.63, 3.8) is 0 Å². The number of rotatable bonds is 7. The van der Waals surface area contributed by atoms with Gasteiger partial charge in [0.1, 0.15) is 6.61 Å². The Balaban J connectivity index is 3.49. The smallest absolute Gasteiger partial charge is 0.432 e. The summed E-state index contributed by atoms with van der Waals surface area (Å²) >= 11 is 5.75. The van der Waals surface area contributed by atoms with Gasteiger partial charge in [-0.15, -0.1) is 11.6 Å². The fourth-order valence-electron chi connectivity index (χ4n) is 0.696. The van der Waals surface area contributed by atoms with Crippen molar-refractivity contribution in [3.05, 3.63) is 0 Å². The fourth-order valence-corrected chi connectivity index (χ4v) is 0.848. The van der Waals surface area contributed by atoms with Crippen LogP contribution in [-0.4, -0.2) is 45.1 Å². The minimum atomic E-state index is -1.00.